The highest BCUT2D eigenvalue weighted by Gasteiger charge is 2.56. The summed E-state index contributed by atoms with van der Waals surface area (Å²) in [7, 11) is 0. The number of urea groups is 1. The second kappa shape index (κ2) is 6.17. The normalized spacial score (nSPS) is 28.1. The number of nitrogens with zero attached hydrogens (tertiary/aromatic N) is 1. The highest BCUT2D eigenvalue weighted by atomic mass is 16.2. The molecule has 1 aliphatic heterocycles. The molecule has 1 spiro atoms. The zero-order valence-electron chi connectivity index (χ0n) is 15.0. The predicted octanol–water partition coefficient (Wildman–Crippen LogP) is 2.76. The molecule has 134 valence electrons. The first-order valence-corrected chi connectivity index (χ1v) is 8.70. The highest BCUT2D eigenvalue weighted by molar-refractivity contribution is 6.10. The molecule has 1 saturated heterocycles. The predicted molar refractivity (Wildman–Crippen MR) is 94.8 cm³/mol. The molecule has 3 rings (SSSR count). The van der Waals surface area contributed by atoms with Crippen LogP contribution in [-0.4, -0.2) is 34.8 Å². The molecule has 2 N–H and O–H groups in total. The van der Waals surface area contributed by atoms with E-state index < -0.39 is 11.6 Å². The van der Waals surface area contributed by atoms with Crippen molar-refractivity contribution in [3.63, 3.8) is 0 Å². The fourth-order valence-corrected chi connectivity index (χ4v) is 4.52. The Balaban J connectivity index is 1.72. The Kier molecular flexibility index (Phi) is 4.31. The quantitative estimate of drug-likeness (QED) is 0.828. The Morgan fingerprint density at radius 2 is 1.92 bits per heavy atom. The molecule has 1 saturated carbocycles. The van der Waals surface area contributed by atoms with E-state index >= 15 is 0 Å². The van der Waals surface area contributed by atoms with Crippen molar-refractivity contribution in [3.8, 4) is 0 Å². The van der Waals surface area contributed by atoms with E-state index in [0.717, 1.165) is 11.3 Å². The average molecular weight is 343 g/mol. The van der Waals surface area contributed by atoms with Crippen molar-refractivity contribution in [1.29, 1.82) is 0 Å². The van der Waals surface area contributed by atoms with Crippen LogP contribution >= 0.6 is 0 Å². The molecule has 0 unspecified atom stereocenters. The lowest BCUT2D eigenvalue weighted by Gasteiger charge is -2.43. The van der Waals surface area contributed by atoms with Crippen LogP contribution in [0.25, 0.3) is 0 Å². The Bertz CT molecular complexity index is 701. The van der Waals surface area contributed by atoms with Crippen LogP contribution in [0, 0.1) is 11.3 Å². The Morgan fingerprint density at radius 1 is 1.24 bits per heavy atom. The lowest BCUT2D eigenvalue weighted by Crippen LogP contribution is -2.54. The molecule has 0 aromatic heterocycles. The number of nitrogens with one attached hydrogen (secondary N) is 2. The van der Waals surface area contributed by atoms with Crippen LogP contribution in [0.5, 0.6) is 0 Å². The van der Waals surface area contributed by atoms with Crippen molar-refractivity contribution in [2.75, 3.05) is 11.9 Å². The topological polar surface area (TPSA) is 78.5 Å². The zero-order valence-corrected chi connectivity index (χ0v) is 15.0. The molecule has 2 atom stereocenters. The molecule has 0 bridgehead atoms. The maximum Gasteiger partial charge on any atom is 0.325 e. The zero-order chi connectivity index (χ0) is 18.2. The van der Waals surface area contributed by atoms with Gasteiger partial charge < -0.3 is 10.6 Å². The number of amides is 4. The number of rotatable bonds is 3. The van der Waals surface area contributed by atoms with Crippen molar-refractivity contribution in [1.82, 2.24) is 10.2 Å². The number of carbonyl (C=O) groups excluding carboxylic acids is 3. The van der Waals surface area contributed by atoms with Crippen LogP contribution in [0.2, 0.25) is 0 Å². The largest absolute Gasteiger partial charge is 0.325 e. The first-order chi connectivity index (χ1) is 11.7. The summed E-state index contributed by atoms with van der Waals surface area (Å²) in [6, 6.07) is 8.52. The van der Waals surface area contributed by atoms with Crippen molar-refractivity contribution in [3.05, 3.63) is 30.3 Å². The van der Waals surface area contributed by atoms with Gasteiger partial charge in [-0.25, -0.2) is 4.79 Å². The third kappa shape index (κ3) is 3.52. The molecule has 0 radical (unpaired) electrons. The number of imide groups is 1. The molecule has 6 heteroatoms. The van der Waals surface area contributed by atoms with Gasteiger partial charge in [-0.3, -0.25) is 14.5 Å². The number of hydrogen-bond donors (Lipinski definition) is 2. The molecule has 1 aromatic rings. The SMILES string of the molecule is C[C@@H]1CC(C)(C)C[C@@]2(C1)NC(=O)N(CC(=O)Nc1ccccc1)C2=O. The summed E-state index contributed by atoms with van der Waals surface area (Å²) in [5.41, 5.74) is -0.254. The van der Waals surface area contributed by atoms with E-state index in [9.17, 15) is 14.4 Å². The summed E-state index contributed by atoms with van der Waals surface area (Å²) in [5, 5.41) is 5.60. The maximum absolute atomic E-state index is 13.0. The standard InChI is InChI=1S/C19H25N3O3/c1-13-9-18(2,3)12-19(10-13)16(24)22(17(25)21-19)11-15(23)20-14-7-5-4-6-8-14/h4-8,13H,9-12H2,1-3H3,(H,20,23)(H,21,25)/t13-,19-/m1/s1. The molecule has 2 aliphatic rings. The number of hydrogen-bond acceptors (Lipinski definition) is 3. The van der Waals surface area contributed by atoms with Crippen LogP contribution < -0.4 is 10.6 Å². The fraction of sp³-hybridized carbons (Fsp3) is 0.526. The van der Waals surface area contributed by atoms with Gasteiger partial charge in [0.1, 0.15) is 12.1 Å². The maximum atomic E-state index is 13.0. The molecule has 1 aliphatic carbocycles. The number of anilines is 1. The van der Waals surface area contributed by atoms with Crippen molar-refractivity contribution in [2.24, 2.45) is 11.3 Å². The van der Waals surface area contributed by atoms with Crippen molar-refractivity contribution in [2.45, 2.75) is 45.6 Å². The summed E-state index contributed by atoms with van der Waals surface area (Å²) in [5.74, 6) is -0.318. The van der Waals surface area contributed by atoms with Crippen molar-refractivity contribution < 1.29 is 14.4 Å². The molecule has 2 fully saturated rings. The van der Waals surface area contributed by atoms with Crippen LogP contribution in [0.1, 0.15) is 40.0 Å². The smallest absolute Gasteiger partial charge is 0.325 e. The summed E-state index contributed by atoms with van der Waals surface area (Å²) >= 11 is 0. The summed E-state index contributed by atoms with van der Waals surface area (Å²) in [6.45, 7) is 6.08. The van der Waals surface area contributed by atoms with E-state index in [4.69, 9.17) is 0 Å². The van der Waals surface area contributed by atoms with Gasteiger partial charge in [0, 0.05) is 5.69 Å². The van der Waals surface area contributed by atoms with Gasteiger partial charge in [-0.1, -0.05) is 39.0 Å². The second-order valence-electron chi connectivity index (χ2n) is 8.17. The van der Waals surface area contributed by atoms with Gasteiger partial charge in [0.2, 0.25) is 5.91 Å². The molecule has 6 nitrogen and oxygen atoms in total. The van der Waals surface area contributed by atoms with E-state index in [1.807, 2.05) is 18.2 Å². The minimum absolute atomic E-state index is 0.0249. The number of benzene rings is 1. The highest BCUT2D eigenvalue weighted by Crippen LogP contribution is 2.46. The molecule has 1 heterocycles. The third-order valence-electron chi connectivity index (χ3n) is 4.98. The van der Waals surface area contributed by atoms with E-state index in [-0.39, 0.29) is 23.8 Å². The lowest BCUT2D eigenvalue weighted by molar-refractivity contribution is -0.136. The first kappa shape index (κ1) is 17.5. The molecule has 1 aromatic carbocycles. The van der Waals surface area contributed by atoms with Crippen LogP contribution in [0.3, 0.4) is 0 Å². The van der Waals surface area contributed by atoms with Gasteiger partial charge in [-0.15, -0.1) is 0 Å². The number of carbonyl (C=O) groups is 3. The second-order valence-corrected chi connectivity index (χ2v) is 8.17. The van der Waals surface area contributed by atoms with Gasteiger partial charge >= 0.3 is 6.03 Å². The lowest BCUT2D eigenvalue weighted by atomic mass is 9.64. The Hall–Kier alpha value is -2.37. The molecule has 25 heavy (non-hydrogen) atoms. The Morgan fingerprint density at radius 3 is 2.56 bits per heavy atom. The van der Waals surface area contributed by atoms with E-state index in [0.29, 0.717) is 24.4 Å². The van der Waals surface area contributed by atoms with Crippen LogP contribution in [0.4, 0.5) is 10.5 Å². The minimum atomic E-state index is -0.870. The summed E-state index contributed by atoms with van der Waals surface area (Å²) in [6.07, 6.45) is 2.25. The van der Waals surface area contributed by atoms with E-state index in [1.54, 1.807) is 12.1 Å². The Labute approximate surface area is 148 Å². The van der Waals surface area contributed by atoms with Gasteiger partial charge in [0.15, 0.2) is 0 Å². The van der Waals surface area contributed by atoms with E-state index in [1.165, 1.54) is 0 Å². The average Bonchev–Trinajstić information content (AvgIpc) is 2.70. The van der Waals surface area contributed by atoms with Gasteiger partial charge in [0.25, 0.3) is 5.91 Å². The first-order valence-electron chi connectivity index (χ1n) is 8.70. The van der Waals surface area contributed by atoms with E-state index in [2.05, 4.69) is 31.4 Å². The monoisotopic (exact) mass is 343 g/mol. The fourth-order valence-electron chi connectivity index (χ4n) is 4.52. The summed E-state index contributed by atoms with van der Waals surface area (Å²) in [4.78, 5) is 38.6. The van der Waals surface area contributed by atoms with Crippen LogP contribution in [0.15, 0.2) is 30.3 Å². The van der Waals surface area contributed by atoms with Gasteiger partial charge in [-0.2, -0.15) is 0 Å². The molecular formula is C19H25N3O3. The van der Waals surface area contributed by atoms with Gasteiger partial charge in [-0.05, 0) is 42.7 Å². The van der Waals surface area contributed by atoms with Crippen molar-refractivity contribution >= 4 is 23.5 Å². The van der Waals surface area contributed by atoms with Gasteiger partial charge in [0.05, 0.1) is 0 Å². The third-order valence-corrected chi connectivity index (χ3v) is 4.98. The molecular weight excluding hydrogens is 318 g/mol. The summed E-state index contributed by atoms with van der Waals surface area (Å²) < 4.78 is 0. The number of para-hydroxylation sites is 1. The van der Waals surface area contributed by atoms with Crippen LogP contribution in [-0.2, 0) is 9.59 Å². The molecule has 4 amide bonds. The minimum Gasteiger partial charge on any atom is -0.325 e.